The lowest BCUT2D eigenvalue weighted by molar-refractivity contribution is 0.268. The Bertz CT molecular complexity index is 395. The number of hydrogen-bond donors (Lipinski definition) is 1. The molecule has 1 saturated heterocycles. The molecule has 0 saturated carbocycles. The topological polar surface area (TPSA) is 15.3 Å². The van der Waals surface area contributed by atoms with Crippen molar-refractivity contribution in [1.29, 1.82) is 0 Å². The normalized spacial score (nSPS) is 16.6. The van der Waals surface area contributed by atoms with Crippen molar-refractivity contribution in [2.75, 3.05) is 32.7 Å². The van der Waals surface area contributed by atoms with Crippen LogP contribution >= 0.6 is 0 Å². The smallest absolute Gasteiger partial charge is 0.0606 e. The van der Waals surface area contributed by atoms with Crippen LogP contribution in [-0.2, 0) is 0 Å². The van der Waals surface area contributed by atoms with E-state index in [9.17, 15) is 0 Å². The summed E-state index contributed by atoms with van der Waals surface area (Å²) in [5, 5.41) is 3.34. The van der Waals surface area contributed by atoms with Gasteiger partial charge in [-0.25, -0.2) is 0 Å². The summed E-state index contributed by atoms with van der Waals surface area (Å²) in [5.41, 5.74) is 2.41. The van der Waals surface area contributed by atoms with Gasteiger partial charge in [-0.15, -0.1) is 0 Å². The molecule has 0 aromatic heterocycles. The third kappa shape index (κ3) is 3.10. The van der Waals surface area contributed by atoms with E-state index in [4.69, 9.17) is 0 Å². The van der Waals surface area contributed by atoms with Crippen molar-refractivity contribution in [3.8, 4) is 11.8 Å². The molecule has 1 aromatic carbocycles. The van der Waals surface area contributed by atoms with Crippen LogP contribution in [0.15, 0.2) is 24.3 Å². The summed E-state index contributed by atoms with van der Waals surface area (Å²) in [7, 11) is 0. The molecule has 1 aromatic rings. The number of piperazine rings is 1. The highest BCUT2D eigenvalue weighted by Crippen LogP contribution is 2.04. The summed E-state index contributed by atoms with van der Waals surface area (Å²) in [5.74, 6) is 6.51. The fraction of sp³-hybridized carbons (Fsp3) is 0.429. The van der Waals surface area contributed by atoms with Crippen molar-refractivity contribution < 1.29 is 0 Å². The van der Waals surface area contributed by atoms with E-state index < -0.39 is 0 Å². The van der Waals surface area contributed by atoms with Crippen LogP contribution in [-0.4, -0.2) is 37.6 Å². The maximum Gasteiger partial charge on any atom is 0.0606 e. The van der Waals surface area contributed by atoms with Gasteiger partial charge in [-0.3, -0.25) is 4.90 Å². The molecule has 1 heterocycles. The summed E-state index contributed by atoms with van der Waals surface area (Å²) in [6.45, 7) is 7.40. The van der Waals surface area contributed by atoms with Crippen LogP contribution in [0.1, 0.15) is 11.1 Å². The number of benzene rings is 1. The molecule has 2 rings (SSSR count). The fourth-order valence-electron chi connectivity index (χ4n) is 1.83. The van der Waals surface area contributed by atoms with Gasteiger partial charge >= 0.3 is 0 Å². The maximum absolute atomic E-state index is 3.34. The van der Waals surface area contributed by atoms with Gasteiger partial charge in [0.2, 0.25) is 0 Å². The number of rotatable bonds is 1. The van der Waals surface area contributed by atoms with Crippen molar-refractivity contribution in [3.63, 3.8) is 0 Å². The van der Waals surface area contributed by atoms with Gasteiger partial charge in [-0.1, -0.05) is 30.0 Å². The van der Waals surface area contributed by atoms with Gasteiger partial charge in [0.25, 0.3) is 0 Å². The van der Waals surface area contributed by atoms with Gasteiger partial charge < -0.3 is 5.32 Å². The van der Waals surface area contributed by atoms with E-state index in [1.165, 1.54) is 5.56 Å². The molecule has 1 N–H and O–H groups in total. The average molecular weight is 214 g/mol. The lowest BCUT2D eigenvalue weighted by Gasteiger charge is -2.24. The second-order valence-corrected chi connectivity index (χ2v) is 4.14. The van der Waals surface area contributed by atoms with Crippen LogP contribution in [0.5, 0.6) is 0 Å². The van der Waals surface area contributed by atoms with E-state index in [0.717, 1.165) is 38.3 Å². The molecular weight excluding hydrogens is 196 g/mol. The third-order valence-electron chi connectivity index (χ3n) is 2.88. The molecule has 0 spiro atoms. The Morgan fingerprint density at radius 2 is 2.00 bits per heavy atom. The second kappa shape index (κ2) is 5.69. The third-order valence-corrected chi connectivity index (χ3v) is 2.88. The summed E-state index contributed by atoms with van der Waals surface area (Å²) in [6, 6.07) is 8.29. The first kappa shape index (κ1) is 11.2. The first-order valence-corrected chi connectivity index (χ1v) is 5.84. The van der Waals surface area contributed by atoms with Crippen LogP contribution < -0.4 is 5.32 Å². The van der Waals surface area contributed by atoms with Crippen molar-refractivity contribution in [3.05, 3.63) is 35.4 Å². The van der Waals surface area contributed by atoms with Crippen molar-refractivity contribution in [2.45, 2.75) is 6.92 Å². The minimum atomic E-state index is 0.885. The largest absolute Gasteiger partial charge is 0.314 e. The number of nitrogens with one attached hydrogen (secondary N) is 1. The molecule has 0 radical (unpaired) electrons. The summed E-state index contributed by atoms with van der Waals surface area (Å²) < 4.78 is 0. The van der Waals surface area contributed by atoms with E-state index in [0.29, 0.717) is 0 Å². The average Bonchev–Trinajstić information content (AvgIpc) is 2.33. The zero-order chi connectivity index (χ0) is 11.2. The van der Waals surface area contributed by atoms with Gasteiger partial charge in [0.1, 0.15) is 0 Å². The van der Waals surface area contributed by atoms with Gasteiger partial charge in [-0.2, -0.15) is 0 Å². The summed E-state index contributed by atoms with van der Waals surface area (Å²) >= 11 is 0. The highest BCUT2D eigenvalue weighted by molar-refractivity contribution is 5.40. The summed E-state index contributed by atoms with van der Waals surface area (Å²) in [4.78, 5) is 2.39. The first-order chi connectivity index (χ1) is 7.86. The predicted octanol–water partition coefficient (Wildman–Crippen LogP) is 1.25. The molecule has 1 fully saturated rings. The number of nitrogens with zero attached hydrogens (tertiary/aromatic N) is 1. The Morgan fingerprint density at radius 3 is 2.75 bits per heavy atom. The van der Waals surface area contributed by atoms with Crippen LogP contribution in [0.4, 0.5) is 0 Å². The highest BCUT2D eigenvalue weighted by Gasteiger charge is 2.06. The molecule has 0 unspecified atom stereocenters. The maximum atomic E-state index is 3.34. The molecule has 0 aliphatic carbocycles. The molecule has 2 heteroatoms. The molecule has 2 nitrogen and oxygen atoms in total. The molecule has 1 aliphatic heterocycles. The van der Waals surface area contributed by atoms with Gasteiger partial charge in [-0.05, 0) is 18.6 Å². The molecule has 84 valence electrons. The molecule has 1 aliphatic rings. The minimum absolute atomic E-state index is 0.885. The zero-order valence-corrected chi connectivity index (χ0v) is 9.79. The zero-order valence-electron chi connectivity index (χ0n) is 9.79. The van der Waals surface area contributed by atoms with Crippen molar-refractivity contribution >= 4 is 0 Å². The highest BCUT2D eigenvalue weighted by atomic mass is 15.2. The van der Waals surface area contributed by atoms with Crippen LogP contribution in [0, 0.1) is 18.8 Å². The summed E-state index contributed by atoms with van der Waals surface area (Å²) in [6.07, 6.45) is 0. The monoisotopic (exact) mass is 214 g/mol. The van der Waals surface area contributed by atoms with Crippen LogP contribution in [0.25, 0.3) is 0 Å². The van der Waals surface area contributed by atoms with Gasteiger partial charge in [0, 0.05) is 31.7 Å². The van der Waals surface area contributed by atoms with E-state index >= 15 is 0 Å². The Kier molecular flexibility index (Phi) is 3.98. The van der Waals surface area contributed by atoms with Crippen molar-refractivity contribution in [2.24, 2.45) is 0 Å². The van der Waals surface area contributed by atoms with Gasteiger partial charge in [0.15, 0.2) is 0 Å². The van der Waals surface area contributed by atoms with E-state index in [-0.39, 0.29) is 0 Å². The van der Waals surface area contributed by atoms with Crippen molar-refractivity contribution in [1.82, 2.24) is 10.2 Å². The SMILES string of the molecule is Cc1ccccc1C#CCN1CCNCC1. The lowest BCUT2D eigenvalue weighted by atomic mass is 10.1. The molecule has 16 heavy (non-hydrogen) atoms. The minimum Gasteiger partial charge on any atom is -0.314 e. The molecular formula is C14H18N2. The second-order valence-electron chi connectivity index (χ2n) is 4.14. The van der Waals surface area contributed by atoms with E-state index in [1.807, 2.05) is 6.07 Å². The Balaban J connectivity index is 1.92. The van der Waals surface area contributed by atoms with E-state index in [1.54, 1.807) is 0 Å². The predicted molar refractivity (Wildman–Crippen MR) is 67.4 cm³/mol. The molecule has 0 amide bonds. The fourth-order valence-corrected chi connectivity index (χ4v) is 1.83. The van der Waals surface area contributed by atoms with E-state index in [2.05, 4.69) is 47.2 Å². The Labute approximate surface area is 97.7 Å². The lowest BCUT2D eigenvalue weighted by Crippen LogP contribution is -2.43. The first-order valence-electron chi connectivity index (χ1n) is 5.84. The quantitative estimate of drug-likeness (QED) is 0.708. The standard InChI is InChI=1S/C14H18N2/c1-13-5-2-3-6-14(13)7-4-10-16-11-8-15-9-12-16/h2-3,5-6,15H,8-12H2,1H3. The number of aryl methyl sites for hydroxylation is 1. The van der Waals surface area contributed by atoms with Crippen LogP contribution in [0.2, 0.25) is 0 Å². The number of hydrogen-bond acceptors (Lipinski definition) is 2. The Hall–Kier alpha value is -1.30. The van der Waals surface area contributed by atoms with Gasteiger partial charge in [0.05, 0.1) is 6.54 Å². The molecule has 0 atom stereocenters. The van der Waals surface area contributed by atoms with Crippen LogP contribution in [0.3, 0.4) is 0 Å². The Morgan fingerprint density at radius 1 is 1.25 bits per heavy atom. The molecule has 0 bridgehead atoms.